The predicted molar refractivity (Wildman–Crippen MR) is 52.2 cm³/mol. The highest BCUT2D eigenvalue weighted by atomic mass is 15.2. The number of anilines is 3. The molecule has 5 heteroatoms. The Morgan fingerprint density at radius 2 is 1.77 bits per heavy atom. The minimum Gasteiger partial charge on any atom is -0.383 e. The smallest absolute Gasteiger partial charge is 0.226 e. The summed E-state index contributed by atoms with van der Waals surface area (Å²) in [6.45, 7) is 1.81. The molecule has 0 amide bonds. The van der Waals surface area contributed by atoms with Gasteiger partial charge in [-0.2, -0.15) is 9.97 Å². The van der Waals surface area contributed by atoms with Crippen LogP contribution in [-0.2, 0) is 0 Å². The second-order valence-corrected chi connectivity index (χ2v) is 3.36. The summed E-state index contributed by atoms with van der Waals surface area (Å²) in [6, 6.07) is 0.515. The second kappa shape index (κ2) is 2.76. The standard InChI is InChI=1S/C8H13N5/c1-4-6(9)12-8(13-7(4)10)11-5-2-3-5/h5H,2-3H2,1H3,(H5,9,10,11,12,13). The summed E-state index contributed by atoms with van der Waals surface area (Å²) in [5.74, 6) is 1.45. The molecule has 0 unspecified atom stereocenters. The van der Waals surface area contributed by atoms with E-state index in [2.05, 4.69) is 15.3 Å². The fraction of sp³-hybridized carbons (Fsp3) is 0.500. The zero-order valence-electron chi connectivity index (χ0n) is 7.54. The molecule has 0 aromatic carbocycles. The Hall–Kier alpha value is -1.52. The molecule has 5 nitrogen and oxygen atoms in total. The minimum atomic E-state index is 0.454. The summed E-state index contributed by atoms with van der Waals surface area (Å²) in [5, 5.41) is 3.14. The zero-order chi connectivity index (χ0) is 9.42. The lowest BCUT2D eigenvalue weighted by molar-refractivity contribution is 1.05. The molecule has 1 aromatic rings. The van der Waals surface area contributed by atoms with E-state index in [4.69, 9.17) is 11.5 Å². The van der Waals surface area contributed by atoms with Gasteiger partial charge in [0.25, 0.3) is 0 Å². The van der Waals surface area contributed by atoms with Gasteiger partial charge in [-0.15, -0.1) is 0 Å². The van der Waals surface area contributed by atoms with Crippen LogP contribution in [0.3, 0.4) is 0 Å². The maximum Gasteiger partial charge on any atom is 0.226 e. The topological polar surface area (TPSA) is 89.8 Å². The van der Waals surface area contributed by atoms with Gasteiger partial charge in [0.2, 0.25) is 5.95 Å². The first-order valence-corrected chi connectivity index (χ1v) is 4.33. The Labute approximate surface area is 76.6 Å². The zero-order valence-corrected chi connectivity index (χ0v) is 7.54. The lowest BCUT2D eigenvalue weighted by Gasteiger charge is -2.07. The van der Waals surface area contributed by atoms with E-state index >= 15 is 0 Å². The second-order valence-electron chi connectivity index (χ2n) is 3.36. The van der Waals surface area contributed by atoms with Crippen molar-refractivity contribution >= 4 is 17.6 Å². The molecule has 0 radical (unpaired) electrons. The third kappa shape index (κ3) is 1.63. The molecule has 1 saturated carbocycles. The molecule has 5 N–H and O–H groups in total. The molecule has 1 heterocycles. The SMILES string of the molecule is Cc1c(N)nc(NC2CC2)nc1N. The summed E-state index contributed by atoms with van der Waals surface area (Å²) >= 11 is 0. The summed E-state index contributed by atoms with van der Waals surface area (Å²) in [7, 11) is 0. The summed E-state index contributed by atoms with van der Waals surface area (Å²) in [5.41, 5.74) is 12.0. The highest BCUT2D eigenvalue weighted by Crippen LogP contribution is 2.24. The molecule has 0 spiro atoms. The molecule has 0 saturated heterocycles. The van der Waals surface area contributed by atoms with Crippen LogP contribution in [0.2, 0.25) is 0 Å². The fourth-order valence-electron chi connectivity index (χ4n) is 1.03. The van der Waals surface area contributed by atoms with Gasteiger partial charge in [-0.3, -0.25) is 0 Å². The van der Waals surface area contributed by atoms with Gasteiger partial charge in [-0.05, 0) is 19.8 Å². The third-order valence-corrected chi connectivity index (χ3v) is 2.13. The largest absolute Gasteiger partial charge is 0.383 e. The maximum absolute atomic E-state index is 5.65. The van der Waals surface area contributed by atoms with Crippen LogP contribution in [0, 0.1) is 6.92 Å². The van der Waals surface area contributed by atoms with Gasteiger partial charge in [0, 0.05) is 11.6 Å². The van der Waals surface area contributed by atoms with Crippen LogP contribution in [0.25, 0.3) is 0 Å². The van der Waals surface area contributed by atoms with Crippen molar-refractivity contribution < 1.29 is 0 Å². The average Bonchev–Trinajstić information content (AvgIpc) is 2.84. The lowest BCUT2D eigenvalue weighted by atomic mass is 10.3. The number of hydrogen-bond acceptors (Lipinski definition) is 5. The van der Waals surface area contributed by atoms with Gasteiger partial charge in [0.1, 0.15) is 11.6 Å². The van der Waals surface area contributed by atoms with E-state index in [1.807, 2.05) is 6.92 Å². The first-order chi connectivity index (χ1) is 6.16. The Morgan fingerprint density at radius 1 is 1.23 bits per heavy atom. The van der Waals surface area contributed by atoms with Crippen molar-refractivity contribution in [3.8, 4) is 0 Å². The number of nitrogens with zero attached hydrogens (tertiary/aromatic N) is 2. The van der Waals surface area contributed by atoms with Crippen molar-refractivity contribution in [2.75, 3.05) is 16.8 Å². The lowest BCUT2D eigenvalue weighted by Crippen LogP contribution is -2.10. The molecule has 1 aliphatic carbocycles. The van der Waals surface area contributed by atoms with Crippen molar-refractivity contribution in [2.24, 2.45) is 0 Å². The summed E-state index contributed by atoms with van der Waals surface area (Å²) in [6.07, 6.45) is 2.36. The van der Waals surface area contributed by atoms with E-state index < -0.39 is 0 Å². The normalized spacial score (nSPS) is 15.8. The molecule has 0 atom stereocenters. The van der Waals surface area contributed by atoms with Crippen molar-refractivity contribution in [1.29, 1.82) is 0 Å². The maximum atomic E-state index is 5.65. The number of rotatable bonds is 2. The van der Waals surface area contributed by atoms with Gasteiger partial charge in [0.15, 0.2) is 0 Å². The van der Waals surface area contributed by atoms with Crippen molar-refractivity contribution in [2.45, 2.75) is 25.8 Å². The first kappa shape index (κ1) is 8.10. The number of nitrogens with two attached hydrogens (primary N) is 2. The summed E-state index contributed by atoms with van der Waals surface area (Å²) < 4.78 is 0. The highest BCUT2D eigenvalue weighted by molar-refractivity contribution is 5.55. The molecule has 0 bridgehead atoms. The van der Waals surface area contributed by atoms with Crippen molar-refractivity contribution in [3.05, 3.63) is 5.56 Å². The monoisotopic (exact) mass is 179 g/mol. The fourth-order valence-corrected chi connectivity index (χ4v) is 1.03. The van der Waals surface area contributed by atoms with E-state index in [-0.39, 0.29) is 0 Å². The third-order valence-electron chi connectivity index (χ3n) is 2.13. The van der Waals surface area contributed by atoms with Gasteiger partial charge in [-0.1, -0.05) is 0 Å². The van der Waals surface area contributed by atoms with E-state index in [0.29, 0.717) is 23.6 Å². The van der Waals surface area contributed by atoms with Crippen LogP contribution >= 0.6 is 0 Å². The Bertz CT molecular complexity index is 308. The molecule has 2 rings (SSSR count). The van der Waals surface area contributed by atoms with Crippen LogP contribution < -0.4 is 16.8 Å². The first-order valence-electron chi connectivity index (χ1n) is 4.33. The minimum absolute atomic E-state index is 0.454. The van der Waals surface area contributed by atoms with Gasteiger partial charge in [0.05, 0.1) is 0 Å². The molecular weight excluding hydrogens is 166 g/mol. The molecule has 1 aromatic heterocycles. The van der Waals surface area contributed by atoms with Crippen LogP contribution in [0.15, 0.2) is 0 Å². The number of hydrogen-bond donors (Lipinski definition) is 3. The Kier molecular flexibility index (Phi) is 1.72. The van der Waals surface area contributed by atoms with Crippen LogP contribution in [0.1, 0.15) is 18.4 Å². The Morgan fingerprint density at radius 3 is 2.23 bits per heavy atom. The van der Waals surface area contributed by atoms with E-state index in [1.54, 1.807) is 0 Å². The Balaban J connectivity index is 2.25. The van der Waals surface area contributed by atoms with Gasteiger partial charge < -0.3 is 16.8 Å². The highest BCUT2D eigenvalue weighted by Gasteiger charge is 2.22. The molecule has 13 heavy (non-hydrogen) atoms. The predicted octanol–water partition coefficient (Wildman–Crippen LogP) is 0.524. The average molecular weight is 179 g/mol. The van der Waals surface area contributed by atoms with Crippen LogP contribution in [0.5, 0.6) is 0 Å². The van der Waals surface area contributed by atoms with Crippen molar-refractivity contribution in [1.82, 2.24) is 9.97 Å². The summed E-state index contributed by atoms with van der Waals surface area (Å²) in [4.78, 5) is 8.18. The van der Waals surface area contributed by atoms with E-state index in [1.165, 1.54) is 12.8 Å². The molecule has 1 aliphatic rings. The van der Waals surface area contributed by atoms with Crippen LogP contribution in [-0.4, -0.2) is 16.0 Å². The molecular formula is C8H13N5. The van der Waals surface area contributed by atoms with E-state index in [9.17, 15) is 0 Å². The van der Waals surface area contributed by atoms with Gasteiger partial charge >= 0.3 is 0 Å². The molecule has 0 aliphatic heterocycles. The molecule has 70 valence electrons. The number of aromatic nitrogens is 2. The number of nitrogen functional groups attached to an aromatic ring is 2. The van der Waals surface area contributed by atoms with Crippen LogP contribution in [0.4, 0.5) is 17.6 Å². The molecule has 1 fully saturated rings. The number of nitrogens with one attached hydrogen (secondary N) is 1. The van der Waals surface area contributed by atoms with Crippen molar-refractivity contribution in [3.63, 3.8) is 0 Å². The quantitative estimate of drug-likeness (QED) is 0.616. The van der Waals surface area contributed by atoms with E-state index in [0.717, 1.165) is 5.56 Å². The van der Waals surface area contributed by atoms with Gasteiger partial charge in [-0.25, -0.2) is 0 Å².